The van der Waals surface area contributed by atoms with Crippen LogP contribution in [0.3, 0.4) is 0 Å². The van der Waals surface area contributed by atoms with Gasteiger partial charge in [0.25, 0.3) is 5.91 Å². The second-order valence-electron chi connectivity index (χ2n) is 6.80. The van der Waals surface area contributed by atoms with E-state index < -0.39 is 0 Å². The Morgan fingerprint density at radius 2 is 1.88 bits per heavy atom. The number of pyridine rings is 1. The molecule has 0 N–H and O–H groups in total. The van der Waals surface area contributed by atoms with Crippen LogP contribution in [0, 0.1) is 6.92 Å². The fourth-order valence-electron chi connectivity index (χ4n) is 3.65. The summed E-state index contributed by atoms with van der Waals surface area (Å²) in [6, 6.07) is 5.87. The number of aryl methyl sites for hydroxylation is 3. The molecule has 0 saturated carbocycles. The molecule has 1 amide bonds. The van der Waals surface area contributed by atoms with Crippen LogP contribution in [0.15, 0.2) is 24.4 Å². The van der Waals surface area contributed by atoms with E-state index >= 15 is 0 Å². The first kappa shape index (κ1) is 16.0. The van der Waals surface area contributed by atoms with E-state index in [1.54, 1.807) is 6.20 Å². The van der Waals surface area contributed by atoms with Gasteiger partial charge in [-0.1, -0.05) is 0 Å². The Balaban J connectivity index is 1.43. The van der Waals surface area contributed by atoms with E-state index in [1.165, 1.54) is 18.4 Å². The summed E-state index contributed by atoms with van der Waals surface area (Å²) < 4.78 is 0. The Hall–Kier alpha value is -2.50. The molecule has 0 spiro atoms. The average molecular weight is 337 g/mol. The number of piperazine rings is 1. The van der Waals surface area contributed by atoms with Gasteiger partial charge in [0.15, 0.2) is 5.82 Å². The number of hydrogen-bond donors (Lipinski definition) is 0. The highest BCUT2D eigenvalue weighted by Crippen LogP contribution is 2.23. The molecular weight excluding hydrogens is 314 g/mol. The predicted molar refractivity (Wildman–Crippen MR) is 95.8 cm³/mol. The van der Waals surface area contributed by atoms with Gasteiger partial charge in [0, 0.05) is 38.1 Å². The molecule has 2 aromatic heterocycles. The quantitative estimate of drug-likeness (QED) is 0.839. The van der Waals surface area contributed by atoms with Gasteiger partial charge in [0.1, 0.15) is 0 Å². The first-order valence-corrected chi connectivity index (χ1v) is 9.04. The summed E-state index contributed by atoms with van der Waals surface area (Å²) in [6.07, 6.45) is 6.34. The van der Waals surface area contributed by atoms with E-state index in [4.69, 9.17) is 0 Å². The van der Waals surface area contributed by atoms with Gasteiger partial charge < -0.3 is 9.80 Å². The van der Waals surface area contributed by atoms with Gasteiger partial charge in [-0.05, 0) is 56.4 Å². The molecule has 1 saturated heterocycles. The van der Waals surface area contributed by atoms with Crippen molar-refractivity contribution in [3.8, 4) is 0 Å². The summed E-state index contributed by atoms with van der Waals surface area (Å²) in [6.45, 7) is 4.86. The zero-order chi connectivity index (χ0) is 17.2. The largest absolute Gasteiger partial charge is 0.352 e. The molecule has 6 heteroatoms. The maximum Gasteiger partial charge on any atom is 0.255 e. The van der Waals surface area contributed by atoms with E-state index in [0.29, 0.717) is 18.7 Å². The van der Waals surface area contributed by atoms with Gasteiger partial charge in [-0.15, -0.1) is 5.10 Å². The van der Waals surface area contributed by atoms with Crippen molar-refractivity contribution in [1.82, 2.24) is 20.1 Å². The van der Waals surface area contributed by atoms with Crippen molar-refractivity contribution in [2.75, 3.05) is 31.1 Å². The molecule has 2 aromatic rings. The monoisotopic (exact) mass is 337 g/mol. The minimum Gasteiger partial charge on any atom is -0.352 e. The molecule has 0 bridgehead atoms. The number of aromatic nitrogens is 3. The van der Waals surface area contributed by atoms with E-state index in [9.17, 15) is 4.79 Å². The second kappa shape index (κ2) is 6.78. The number of rotatable bonds is 2. The number of fused-ring (bicyclic) bond motifs is 1. The second-order valence-corrected chi connectivity index (χ2v) is 6.80. The first-order chi connectivity index (χ1) is 12.2. The summed E-state index contributed by atoms with van der Waals surface area (Å²) in [7, 11) is 0. The summed E-state index contributed by atoms with van der Waals surface area (Å²) in [4.78, 5) is 21.1. The highest BCUT2D eigenvalue weighted by atomic mass is 16.2. The van der Waals surface area contributed by atoms with Crippen molar-refractivity contribution in [3.05, 3.63) is 46.9 Å². The van der Waals surface area contributed by atoms with Crippen LogP contribution in [-0.2, 0) is 12.8 Å². The minimum absolute atomic E-state index is 0.0711. The molecule has 6 nitrogen and oxygen atoms in total. The van der Waals surface area contributed by atoms with E-state index in [-0.39, 0.29) is 5.91 Å². The van der Waals surface area contributed by atoms with Crippen LogP contribution in [-0.4, -0.2) is 52.2 Å². The van der Waals surface area contributed by atoms with Crippen molar-refractivity contribution in [2.45, 2.75) is 32.6 Å². The Morgan fingerprint density at radius 1 is 1.08 bits per heavy atom. The lowest BCUT2D eigenvalue weighted by atomic mass is 9.97. The minimum atomic E-state index is 0.0711. The van der Waals surface area contributed by atoms with Gasteiger partial charge in [-0.3, -0.25) is 9.78 Å². The summed E-state index contributed by atoms with van der Waals surface area (Å²) in [5.41, 5.74) is 4.00. The third-order valence-electron chi connectivity index (χ3n) is 5.19. The van der Waals surface area contributed by atoms with Crippen LogP contribution in [0.25, 0.3) is 0 Å². The Labute approximate surface area is 147 Å². The van der Waals surface area contributed by atoms with Crippen molar-refractivity contribution in [1.29, 1.82) is 0 Å². The topological polar surface area (TPSA) is 62.2 Å². The molecule has 2 aliphatic rings. The fraction of sp³-hybridized carbons (Fsp3) is 0.474. The van der Waals surface area contributed by atoms with Crippen LogP contribution >= 0.6 is 0 Å². The molecule has 3 heterocycles. The van der Waals surface area contributed by atoms with Gasteiger partial charge in [0.05, 0.1) is 11.3 Å². The summed E-state index contributed by atoms with van der Waals surface area (Å²) >= 11 is 0. The van der Waals surface area contributed by atoms with Gasteiger partial charge in [-0.2, -0.15) is 5.10 Å². The molecule has 130 valence electrons. The third kappa shape index (κ3) is 3.21. The van der Waals surface area contributed by atoms with E-state index in [1.807, 2.05) is 24.0 Å². The molecule has 1 fully saturated rings. The van der Waals surface area contributed by atoms with Gasteiger partial charge in [-0.25, -0.2) is 0 Å². The van der Waals surface area contributed by atoms with E-state index in [2.05, 4.69) is 26.1 Å². The standard InChI is InChI=1S/C19H23N5O/c1-14-16(6-4-8-20-14)19(25)24-11-9-23(10-12-24)18-13-15-5-2-3-7-17(15)21-22-18/h4,6,8,13H,2-3,5,7,9-12H2,1H3. The van der Waals surface area contributed by atoms with Gasteiger partial charge in [0.2, 0.25) is 0 Å². The van der Waals surface area contributed by atoms with Crippen molar-refractivity contribution in [3.63, 3.8) is 0 Å². The van der Waals surface area contributed by atoms with Crippen LogP contribution in [0.1, 0.15) is 40.2 Å². The lowest BCUT2D eigenvalue weighted by molar-refractivity contribution is 0.0745. The number of amides is 1. The average Bonchev–Trinajstić information content (AvgIpc) is 2.67. The molecule has 4 rings (SSSR count). The van der Waals surface area contributed by atoms with Crippen LogP contribution < -0.4 is 4.90 Å². The molecule has 0 unspecified atom stereocenters. The molecule has 1 aliphatic carbocycles. The lowest BCUT2D eigenvalue weighted by Gasteiger charge is -2.35. The van der Waals surface area contributed by atoms with E-state index in [0.717, 1.165) is 43.1 Å². The number of hydrogen-bond acceptors (Lipinski definition) is 5. The van der Waals surface area contributed by atoms with Gasteiger partial charge >= 0.3 is 0 Å². The van der Waals surface area contributed by atoms with Crippen molar-refractivity contribution in [2.24, 2.45) is 0 Å². The van der Waals surface area contributed by atoms with Crippen LogP contribution in [0.2, 0.25) is 0 Å². The maximum atomic E-state index is 12.7. The SMILES string of the molecule is Cc1ncccc1C(=O)N1CCN(c2cc3c(nn2)CCCC3)CC1. The first-order valence-electron chi connectivity index (χ1n) is 9.04. The molecule has 25 heavy (non-hydrogen) atoms. The number of carbonyl (C=O) groups excluding carboxylic acids is 1. The lowest BCUT2D eigenvalue weighted by Crippen LogP contribution is -2.49. The number of nitrogens with zero attached hydrogens (tertiary/aromatic N) is 5. The fourth-order valence-corrected chi connectivity index (χ4v) is 3.65. The van der Waals surface area contributed by atoms with Crippen molar-refractivity contribution >= 4 is 11.7 Å². The van der Waals surface area contributed by atoms with Crippen LogP contribution in [0.4, 0.5) is 5.82 Å². The Kier molecular flexibility index (Phi) is 4.34. The predicted octanol–water partition coefficient (Wildman–Crippen LogP) is 2.02. The summed E-state index contributed by atoms with van der Waals surface area (Å²) in [5.74, 6) is 1.02. The molecule has 0 aromatic carbocycles. The van der Waals surface area contributed by atoms with Crippen LogP contribution in [0.5, 0.6) is 0 Å². The zero-order valence-electron chi connectivity index (χ0n) is 14.6. The van der Waals surface area contributed by atoms with Crippen molar-refractivity contribution < 1.29 is 4.79 Å². The number of anilines is 1. The zero-order valence-corrected chi connectivity index (χ0v) is 14.6. The summed E-state index contributed by atoms with van der Waals surface area (Å²) in [5, 5.41) is 8.85. The molecule has 1 aliphatic heterocycles. The highest BCUT2D eigenvalue weighted by molar-refractivity contribution is 5.95. The smallest absolute Gasteiger partial charge is 0.255 e. The number of carbonyl (C=O) groups is 1. The maximum absolute atomic E-state index is 12.7. The molecule has 0 radical (unpaired) electrons. The molecule has 0 atom stereocenters. The third-order valence-corrected chi connectivity index (χ3v) is 5.19. The highest BCUT2D eigenvalue weighted by Gasteiger charge is 2.25. The normalized spacial score (nSPS) is 17.3. The molecular formula is C19H23N5O. The Bertz CT molecular complexity index is 783. The Morgan fingerprint density at radius 3 is 2.68 bits per heavy atom.